The zero-order valence-electron chi connectivity index (χ0n) is 13.1. The predicted octanol–water partition coefficient (Wildman–Crippen LogP) is 2.76. The highest BCUT2D eigenvalue weighted by Gasteiger charge is 2.09. The molecular formula is C17H19N3O3. The van der Waals surface area contributed by atoms with Crippen molar-refractivity contribution < 1.29 is 14.3 Å². The van der Waals surface area contributed by atoms with E-state index in [0.717, 1.165) is 5.69 Å². The van der Waals surface area contributed by atoms with E-state index < -0.39 is 0 Å². The summed E-state index contributed by atoms with van der Waals surface area (Å²) in [5.41, 5.74) is 1.24. The van der Waals surface area contributed by atoms with Crippen LogP contribution in [-0.2, 0) is 0 Å². The number of amides is 1. The molecular weight excluding hydrogens is 294 g/mol. The number of benzene rings is 1. The number of nitrogens with zero attached hydrogens (tertiary/aromatic N) is 1. The van der Waals surface area contributed by atoms with Crippen LogP contribution in [0.1, 0.15) is 10.4 Å². The number of ether oxygens (including phenoxy) is 2. The summed E-state index contributed by atoms with van der Waals surface area (Å²) in [7, 11) is 3.17. The van der Waals surface area contributed by atoms with Crippen LogP contribution in [0.15, 0.2) is 49.2 Å². The lowest BCUT2D eigenvalue weighted by Gasteiger charge is -2.12. The molecule has 0 aliphatic heterocycles. The molecule has 0 aliphatic rings. The highest BCUT2D eigenvalue weighted by molar-refractivity contribution is 5.95. The van der Waals surface area contributed by atoms with E-state index in [1.54, 1.807) is 44.7 Å². The number of nitrogens with one attached hydrogen (secondary N) is 2. The van der Waals surface area contributed by atoms with Crippen LogP contribution >= 0.6 is 0 Å². The zero-order valence-corrected chi connectivity index (χ0v) is 13.1. The molecule has 0 bridgehead atoms. The number of anilines is 2. The van der Waals surface area contributed by atoms with Crippen LogP contribution in [0, 0.1) is 0 Å². The van der Waals surface area contributed by atoms with E-state index >= 15 is 0 Å². The average Bonchev–Trinajstić information content (AvgIpc) is 2.60. The van der Waals surface area contributed by atoms with Crippen molar-refractivity contribution in [3.63, 3.8) is 0 Å². The first-order chi connectivity index (χ1) is 11.2. The third-order valence-corrected chi connectivity index (χ3v) is 3.10. The van der Waals surface area contributed by atoms with Crippen LogP contribution in [0.25, 0.3) is 0 Å². The van der Waals surface area contributed by atoms with Crippen LogP contribution in [0.2, 0.25) is 0 Å². The Morgan fingerprint density at radius 1 is 1.26 bits per heavy atom. The molecule has 0 fully saturated rings. The van der Waals surface area contributed by atoms with Gasteiger partial charge in [0.05, 0.1) is 19.9 Å². The van der Waals surface area contributed by atoms with Gasteiger partial charge in [0.15, 0.2) is 0 Å². The van der Waals surface area contributed by atoms with E-state index in [2.05, 4.69) is 22.2 Å². The Hall–Kier alpha value is -3.02. The first-order valence-electron chi connectivity index (χ1n) is 7.02. The van der Waals surface area contributed by atoms with Crippen molar-refractivity contribution in [2.75, 3.05) is 26.1 Å². The van der Waals surface area contributed by atoms with Gasteiger partial charge in [0.2, 0.25) is 0 Å². The molecule has 23 heavy (non-hydrogen) atoms. The number of hydrogen-bond acceptors (Lipinski definition) is 5. The van der Waals surface area contributed by atoms with Crippen molar-refractivity contribution in [1.29, 1.82) is 0 Å². The standard InChI is InChI=1S/C17H19N3O3/c1-4-8-19-17(21)12-7-9-18-16(10-12)20-14-6-5-13(22-2)11-15(14)23-3/h4-7,9-11H,1,8H2,2-3H3,(H,18,20)(H,19,21). The summed E-state index contributed by atoms with van der Waals surface area (Å²) in [4.78, 5) is 16.2. The summed E-state index contributed by atoms with van der Waals surface area (Å²) in [5, 5.41) is 5.86. The molecule has 2 rings (SSSR count). The minimum Gasteiger partial charge on any atom is -0.497 e. The van der Waals surface area contributed by atoms with E-state index in [4.69, 9.17) is 9.47 Å². The van der Waals surface area contributed by atoms with Crippen molar-refractivity contribution in [1.82, 2.24) is 10.3 Å². The van der Waals surface area contributed by atoms with Gasteiger partial charge in [-0.2, -0.15) is 0 Å². The minimum atomic E-state index is -0.183. The molecule has 0 unspecified atom stereocenters. The smallest absolute Gasteiger partial charge is 0.251 e. The van der Waals surface area contributed by atoms with E-state index in [-0.39, 0.29) is 5.91 Å². The molecule has 2 N–H and O–H groups in total. The summed E-state index contributed by atoms with van der Waals surface area (Å²) in [6, 6.07) is 8.72. The van der Waals surface area contributed by atoms with Gasteiger partial charge in [0, 0.05) is 24.4 Å². The molecule has 0 aliphatic carbocycles. The molecule has 120 valence electrons. The van der Waals surface area contributed by atoms with Gasteiger partial charge in [-0.1, -0.05) is 6.08 Å². The van der Waals surface area contributed by atoms with Crippen LogP contribution in [0.3, 0.4) is 0 Å². The Balaban J connectivity index is 2.20. The van der Waals surface area contributed by atoms with Crippen molar-refractivity contribution in [3.8, 4) is 11.5 Å². The second-order valence-electron chi connectivity index (χ2n) is 4.62. The normalized spacial score (nSPS) is 9.83. The molecule has 1 amide bonds. The fraction of sp³-hybridized carbons (Fsp3) is 0.176. The van der Waals surface area contributed by atoms with Crippen molar-refractivity contribution >= 4 is 17.4 Å². The highest BCUT2D eigenvalue weighted by Crippen LogP contribution is 2.31. The Bertz CT molecular complexity index is 701. The molecule has 6 nitrogen and oxygen atoms in total. The average molecular weight is 313 g/mol. The number of methoxy groups -OCH3 is 2. The fourth-order valence-corrected chi connectivity index (χ4v) is 1.95. The minimum absolute atomic E-state index is 0.183. The predicted molar refractivity (Wildman–Crippen MR) is 89.6 cm³/mol. The van der Waals surface area contributed by atoms with E-state index in [9.17, 15) is 4.79 Å². The molecule has 0 atom stereocenters. The summed E-state index contributed by atoms with van der Waals surface area (Å²) in [5.74, 6) is 1.67. The van der Waals surface area contributed by atoms with Crippen molar-refractivity contribution in [3.05, 3.63) is 54.7 Å². The van der Waals surface area contributed by atoms with Crippen LogP contribution in [0.4, 0.5) is 11.5 Å². The van der Waals surface area contributed by atoms with Gasteiger partial charge in [-0.3, -0.25) is 4.79 Å². The van der Waals surface area contributed by atoms with E-state index in [0.29, 0.717) is 29.4 Å². The number of rotatable bonds is 7. The summed E-state index contributed by atoms with van der Waals surface area (Å²) >= 11 is 0. The lowest BCUT2D eigenvalue weighted by Crippen LogP contribution is -2.23. The SMILES string of the molecule is C=CCNC(=O)c1ccnc(Nc2ccc(OC)cc2OC)c1. The number of pyridine rings is 1. The second kappa shape index (κ2) is 7.84. The first-order valence-corrected chi connectivity index (χ1v) is 7.02. The first kappa shape index (κ1) is 16.4. The highest BCUT2D eigenvalue weighted by atomic mass is 16.5. The van der Waals surface area contributed by atoms with Gasteiger partial charge in [-0.25, -0.2) is 4.98 Å². The van der Waals surface area contributed by atoms with Gasteiger partial charge >= 0.3 is 0 Å². The van der Waals surface area contributed by atoms with E-state index in [1.807, 2.05) is 12.1 Å². The quantitative estimate of drug-likeness (QED) is 0.769. The Morgan fingerprint density at radius 2 is 2.09 bits per heavy atom. The summed E-state index contributed by atoms with van der Waals surface area (Å²) in [6.45, 7) is 3.98. The second-order valence-corrected chi connectivity index (χ2v) is 4.62. The molecule has 2 aromatic rings. The number of carbonyl (C=O) groups is 1. The number of carbonyl (C=O) groups excluding carboxylic acids is 1. The number of aromatic nitrogens is 1. The lowest BCUT2D eigenvalue weighted by molar-refractivity contribution is 0.0958. The van der Waals surface area contributed by atoms with Crippen LogP contribution in [0.5, 0.6) is 11.5 Å². The maximum atomic E-state index is 12.0. The van der Waals surface area contributed by atoms with Gasteiger partial charge in [-0.05, 0) is 24.3 Å². The maximum absolute atomic E-state index is 12.0. The molecule has 0 saturated heterocycles. The zero-order chi connectivity index (χ0) is 16.7. The molecule has 6 heteroatoms. The Kier molecular flexibility index (Phi) is 5.57. The van der Waals surface area contributed by atoms with Gasteiger partial charge in [0.1, 0.15) is 17.3 Å². The van der Waals surface area contributed by atoms with Crippen molar-refractivity contribution in [2.45, 2.75) is 0 Å². The van der Waals surface area contributed by atoms with Gasteiger partial charge in [-0.15, -0.1) is 6.58 Å². The van der Waals surface area contributed by atoms with Crippen LogP contribution in [-0.4, -0.2) is 31.7 Å². The summed E-state index contributed by atoms with van der Waals surface area (Å²) in [6.07, 6.45) is 3.20. The third-order valence-electron chi connectivity index (χ3n) is 3.10. The van der Waals surface area contributed by atoms with Gasteiger partial charge < -0.3 is 20.1 Å². The topological polar surface area (TPSA) is 72.5 Å². The molecule has 1 aromatic carbocycles. The van der Waals surface area contributed by atoms with Crippen LogP contribution < -0.4 is 20.1 Å². The Morgan fingerprint density at radius 3 is 2.78 bits per heavy atom. The molecule has 0 spiro atoms. The van der Waals surface area contributed by atoms with Crippen molar-refractivity contribution in [2.24, 2.45) is 0 Å². The van der Waals surface area contributed by atoms with Gasteiger partial charge in [0.25, 0.3) is 5.91 Å². The summed E-state index contributed by atoms with van der Waals surface area (Å²) < 4.78 is 10.5. The largest absolute Gasteiger partial charge is 0.497 e. The lowest BCUT2D eigenvalue weighted by atomic mass is 10.2. The fourth-order valence-electron chi connectivity index (χ4n) is 1.95. The molecule has 0 radical (unpaired) electrons. The molecule has 1 heterocycles. The number of hydrogen-bond donors (Lipinski definition) is 2. The maximum Gasteiger partial charge on any atom is 0.251 e. The molecule has 0 saturated carbocycles. The Labute approximate surface area is 135 Å². The third kappa shape index (κ3) is 4.23. The van der Waals surface area contributed by atoms with E-state index in [1.165, 1.54) is 0 Å². The monoisotopic (exact) mass is 313 g/mol. The molecule has 1 aromatic heterocycles.